The number of nitrogen functional groups attached to an aromatic ring is 1. The van der Waals surface area contributed by atoms with Gasteiger partial charge in [0.15, 0.2) is 0 Å². The molecule has 0 saturated heterocycles. The van der Waals surface area contributed by atoms with Crippen molar-refractivity contribution in [1.82, 2.24) is 19.6 Å². The molecule has 2 heterocycles. The van der Waals surface area contributed by atoms with E-state index in [1.807, 2.05) is 0 Å². The zero-order valence-corrected chi connectivity index (χ0v) is 6.10. The third kappa shape index (κ3) is 0.815. The molecule has 6 heteroatoms. The lowest BCUT2D eigenvalue weighted by atomic mass is 10.4. The Kier molecular flexibility index (Phi) is 1.26. The van der Waals surface area contributed by atoms with Crippen molar-refractivity contribution < 1.29 is 0 Å². The Labute approximate surface area is 67.6 Å². The van der Waals surface area contributed by atoms with Gasteiger partial charge in [-0.3, -0.25) is 9.81 Å². The minimum atomic E-state index is -0.0319. The Balaban J connectivity index is 2.79. The summed E-state index contributed by atoms with van der Waals surface area (Å²) in [6.45, 7) is 0. The van der Waals surface area contributed by atoms with Crippen LogP contribution in [-0.2, 0) is 0 Å². The van der Waals surface area contributed by atoms with Crippen LogP contribution in [0.5, 0.6) is 0 Å². The molecule has 0 spiro atoms. The van der Waals surface area contributed by atoms with Gasteiger partial charge in [0.1, 0.15) is 11.5 Å². The number of nitrogens with one attached hydrogen (secondary N) is 1. The van der Waals surface area contributed by atoms with Crippen molar-refractivity contribution in [2.24, 2.45) is 5.73 Å². The number of imidazole rings is 1. The molecule has 0 bridgehead atoms. The highest BCUT2D eigenvalue weighted by atomic mass is 15.2. The first-order valence-corrected chi connectivity index (χ1v) is 3.28. The van der Waals surface area contributed by atoms with E-state index in [1.165, 1.54) is 12.4 Å². The highest BCUT2D eigenvalue weighted by molar-refractivity contribution is 5.93. The fraction of sp³-hybridized carbons (Fsp3) is 0. The van der Waals surface area contributed by atoms with Crippen molar-refractivity contribution in [2.45, 2.75) is 0 Å². The zero-order valence-electron chi connectivity index (χ0n) is 6.10. The molecular weight excluding hydrogens is 156 g/mol. The molecule has 0 aromatic carbocycles. The lowest BCUT2D eigenvalue weighted by Crippen LogP contribution is -2.13. The predicted molar refractivity (Wildman–Crippen MR) is 41.8 cm³/mol. The van der Waals surface area contributed by atoms with Gasteiger partial charge in [0.25, 0.3) is 5.78 Å². The smallest absolute Gasteiger partial charge is 0.254 e. The summed E-state index contributed by atoms with van der Waals surface area (Å²) in [6, 6.07) is 0. The van der Waals surface area contributed by atoms with Crippen molar-refractivity contribution in [3.63, 3.8) is 0 Å². The first-order chi connectivity index (χ1) is 5.79. The highest BCUT2D eigenvalue weighted by Crippen LogP contribution is 2.00. The van der Waals surface area contributed by atoms with Crippen LogP contribution < -0.4 is 5.73 Å². The van der Waals surface area contributed by atoms with E-state index in [0.29, 0.717) is 11.5 Å². The van der Waals surface area contributed by atoms with Crippen LogP contribution in [0.1, 0.15) is 5.69 Å². The molecule has 2 rings (SSSR count). The van der Waals surface area contributed by atoms with Crippen molar-refractivity contribution in [2.75, 3.05) is 0 Å². The van der Waals surface area contributed by atoms with Gasteiger partial charge >= 0.3 is 0 Å². The maximum absolute atomic E-state index is 7.20. The van der Waals surface area contributed by atoms with Gasteiger partial charge in [0.05, 0.1) is 12.4 Å². The number of nitrogens with two attached hydrogens (primary N) is 1. The number of nitrogens with zero attached hydrogens (tertiary/aromatic N) is 4. The van der Waals surface area contributed by atoms with Gasteiger partial charge in [-0.25, -0.2) is 4.98 Å². The Hall–Kier alpha value is -1.98. The predicted octanol–water partition coefficient (Wildman–Crippen LogP) is -0.592. The standard InChI is InChI=1S/C6H6N6/c7-5(8)4-3-9-6-11-10-1-2-12(4)6/h1-3H,(H3,7,8). The fourth-order valence-corrected chi connectivity index (χ4v) is 0.953. The molecule has 0 aliphatic carbocycles. The second kappa shape index (κ2) is 2.26. The van der Waals surface area contributed by atoms with Crippen LogP contribution in [0, 0.1) is 5.41 Å². The number of amidine groups is 1. The molecular formula is C6H6N6. The second-order valence-corrected chi connectivity index (χ2v) is 2.24. The van der Waals surface area contributed by atoms with Crippen molar-refractivity contribution >= 4 is 11.6 Å². The van der Waals surface area contributed by atoms with E-state index in [0.717, 1.165) is 0 Å². The first-order valence-electron chi connectivity index (χ1n) is 3.28. The summed E-state index contributed by atoms with van der Waals surface area (Å²) in [6.07, 6.45) is 4.67. The summed E-state index contributed by atoms with van der Waals surface area (Å²) in [5.74, 6) is 0.415. The number of aromatic nitrogens is 4. The van der Waals surface area contributed by atoms with E-state index in [9.17, 15) is 0 Å². The summed E-state index contributed by atoms with van der Waals surface area (Å²) in [7, 11) is 0. The Morgan fingerprint density at radius 1 is 1.58 bits per heavy atom. The fourth-order valence-electron chi connectivity index (χ4n) is 0.953. The number of rotatable bonds is 1. The molecule has 6 nitrogen and oxygen atoms in total. The minimum Gasteiger partial charge on any atom is -0.382 e. The van der Waals surface area contributed by atoms with Crippen LogP contribution in [0.25, 0.3) is 5.78 Å². The molecule has 0 fully saturated rings. The van der Waals surface area contributed by atoms with E-state index < -0.39 is 0 Å². The summed E-state index contributed by atoms with van der Waals surface area (Å²) in [5, 5.41) is 14.6. The van der Waals surface area contributed by atoms with Crippen LogP contribution in [-0.4, -0.2) is 25.4 Å². The Bertz CT molecular complexity index is 430. The summed E-state index contributed by atoms with van der Waals surface area (Å²) < 4.78 is 1.61. The van der Waals surface area contributed by atoms with E-state index in [1.54, 1.807) is 10.6 Å². The number of hydrogen-bond donors (Lipinski definition) is 2. The molecule has 0 radical (unpaired) electrons. The molecule has 0 aliphatic heterocycles. The summed E-state index contributed by atoms with van der Waals surface area (Å²) in [5.41, 5.74) is 5.83. The Morgan fingerprint density at radius 2 is 2.42 bits per heavy atom. The van der Waals surface area contributed by atoms with Crippen LogP contribution >= 0.6 is 0 Å². The first kappa shape index (κ1) is 6.71. The SMILES string of the molecule is N=C(N)c1cnc2nnccn12. The molecule has 2 aromatic rings. The van der Waals surface area contributed by atoms with Crippen molar-refractivity contribution in [1.29, 1.82) is 5.41 Å². The van der Waals surface area contributed by atoms with E-state index in [4.69, 9.17) is 11.1 Å². The molecule has 0 aliphatic rings. The van der Waals surface area contributed by atoms with Gasteiger partial charge in [0, 0.05) is 6.20 Å². The molecule has 0 amide bonds. The quantitative estimate of drug-likeness (QED) is 0.433. The van der Waals surface area contributed by atoms with E-state index in [-0.39, 0.29) is 5.84 Å². The maximum atomic E-state index is 7.20. The van der Waals surface area contributed by atoms with Crippen LogP contribution in [0.4, 0.5) is 0 Å². The van der Waals surface area contributed by atoms with Gasteiger partial charge < -0.3 is 5.73 Å². The molecule has 0 unspecified atom stereocenters. The van der Waals surface area contributed by atoms with Gasteiger partial charge in [0.2, 0.25) is 0 Å². The lowest BCUT2D eigenvalue weighted by molar-refractivity contribution is 0.960. The van der Waals surface area contributed by atoms with Crippen LogP contribution in [0.2, 0.25) is 0 Å². The van der Waals surface area contributed by atoms with Crippen LogP contribution in [0.15, 0.2) is 18.6 Å². The van der Waals surface area contributed by atoms with Gasteiger partial charge in [-0.1, -0.05) is 0 Å². The topological polar surface area (TPSA) is 93.0 Å². The molecule has 0 atom stereocenters. The summed E-state index contributed by atoms with van der Waals surface area (Å²) >= 11 is 0. The monoisotopic (exact) mass is 162 g/mol. The average Bonchev–Trinajstić information content (AvgIpc) is 2.47. The maximum Gasteiger partial charge on any atom is 0.254 e. The number of fused-ring (bicyclic) bond motifs is 1. The normalized spacial score (nSPS) is 10.3. The Morgan fingerprint density at radius 3 is 3.17 bits per heavy atom. The van der Waals surface area contributed by atoms with Crippen molar-refractivity contribution in [3.8, 4) is 0 Å². The average molecular weight is 162 g/mol. The van der Waals surface area contributed by atoms with Gasteiger partial charge in [-0.2, -0.15) is 5.10 Å². The molecule has 3 N–H and O–H groups in total. The van der Waals surface area contributed by atoms with E-state index in [2.05, 4.69) is 15.2 Å². The molecule has 12 heavy (non-hydrogen) atoms. The highest BCUT2D eigenvalue weighted by Gasteiger charge is 2.04. The van der Waals surface area contributed by atoms with Crippen LogP contribution in [0.3, 0.4) is 0 Å². The second-order valence-electron chi connectivity index (χ2n) is 2.24. The zero-order chi connectivity index (χ0) is 8.55. The van der Waals surface area contributed by atoms with E-state index >= 15 is 0 Å². The lowest BCUT2D eigenvalue weighted by Gasteiger charge is -1.95. The van der Waals surface area contributed by atoms with Crippen molar-refractivity contribution in [3.05, 3.63) is 24.3 Å². The molecule has 60 valence electrons. The molecule has 0 saturated carbocycles. The number of hydrogen-bond acceptors (Lipinski definition) is 4. The third-order valence-electron chi connectivity index (χ3n) is 1.48. The van der Waals surface area contributed by atoms with Gasteiger partial charge in [-0.15, -0.1) is 5.10 Å². The third-order valence-corrected chi connectivity index (χ3v) is 1.48. The summed E-state index contributed by atoms with van der Waals surface area (Å²) in [4.78, 5) is 3.91. The largest absolute Gasteiger partial charge is 0.382 e. The van der Waals surface area contributed by atoms with Gasteiger partial charge in [-0.05, 0) is 0 Å². The minimum absolute atomic E-state index is 0.0319. The molecule has 2 aromatic heterocycles.